The summed E-state index contributed by atoms with van der Waals surface area (Å²) in [4.78, 5) is 54.4. The zero-order valence-corrected chi connectivity index (χ0v) is 28.0. The van der Waals surface area contributed by atoms with Crippen LogP contribution in [0, 0.1) is 0 Å². The normalized spacial score (nSPS) is 10.0. The molecule has 0 fully saturated rings. The number of nitrogens with one attached hydrogen (secondary N) is 4. The van der Waals surface area contributed by atoms with Crippen LogP contribution in [-0.2, 0) is 56.2 Å². The van der Waals surface area contributed by atoms with Crippen LogP contribution in [-0.4, -0.2) is 58.4 Å². The van der Waals surface area contributed by atoms with E-state index in [-0.39, 0.29) is 54.3 Å². The van der Waals surface area contributed by atoms with Crippen LogP contribution in [0.5, 0.6) is 0 Å². The number of fused-ring (bicyclic) bond motifs is 1. The van der Waals surface area contributed by atoms with Gasteiger partial charge in [-0.1, -0.05) is 48.5 Å². The van der Waals surface area contributed by atoms with Crippen molar-refractivity contribution in [3.8, 4) is 44.8 Å². The van der Waals surface area contributed by atoms with Gasteiger partial charge in [0.2, 0.25) is 12.2 Å². The van der Waals surface area contributed by atoms with E-state index in [4.69, 9.17) is 11.5 Å². The van der Waals surface area contributed by atoms with Crippen LogP contribution in [0.2, 0.25) is 0 Å². The molecular formula is C28H24N6O6P2V2. The Morgan fingerprint density at radius 3 is 1.27 bits per heavy atom. The van der Waals surface area contributed by atoms with Crippen molar-refractivity contribution in [2.45, 2.75) is 0 Å². The molecule has 1 aromatic carbocycles. The minimum Gasteiger partial charge on any atom is -0.632 e. The van der Waals surface area contributed by atoms with Gasteiger partial charge in [-0.25, -0.2) is 22.0 Å². The predicted molar refractivity (Wildman–Crippen MR) is 164 cm³/mol. The molecule has 2 radical (unpaired) electrons. The second-order valence-corrected chi connectivity index (χ2v) is 9.94. The molecule has 2 aliphatic rings. The number of carbonyl (C=O) groups is 2. The molecule has 12 nitrogen and oxygen atoms in total. The standard InChI is InChI=1S/C24H16N4O2P2.2C2H5NO2.2V/c29-13-31-23-25-11-21(27-23)16-3-1-15(2-4-16)20-9-18-7-5-17(6-8-19(18)10-20)22-12-26-24(28-22)32-14-30;2*1-5-2(3)4;;/h1-12,31-32H,(H,25,27)(H,26,28);2*1H3,(H2,3,4);;/q-2;;;2*+2/p-2. The Morgan fingerprint density at radius 2 is 0.955 bits per heavy atom. The summed E-state index contributed by atoms with van der Waals surface area (Å²) < 4.78 is 7.56. The second-order valence-electron chi connectivity index (χ2n) is 8.08. The second kappa shape index (κ2) is 19.5. The molecule has 0 bridgehead atoms. The maximum absolute atomic E-state index is 10.6. The number of rotatable bonds is 7. The van der Waals surface area contributed by atoms with Crippen molar-refractivity contribution in [2.75, 3.05) is 14.2 Å². The average Bonchev–Trinajstić information content (AvgIpc) is 3.73. The number of methoxy groups -OCH3 is 2. The van der Waals surface area contributed by atoms with Crippen molar-refractivity contribution in [2.24, 2.45) is 0 Å². The number of aromatic nitrogens is 4. The van der Waals surface area contributed by atoms with Gasteiger partial charge >= 0.3 is 37.1 Å². The minimum atomic E-state index is -0.995. The molecule has 2 unspecified atom stereocenters. The van der Waals surface area contributed by atoms with E-state index in [1.54, 1.807) is 12.4 Å². The quantitative estimate of drug-likeness (QED) is 0.162. The summed E-state index contributed by atoms with van der Waals surface area (Å²) in [7, 11) is 2.15. The van der Waals surface area contributed by atoms with Gasteiger partial charge in [0, 0.05) is 0 Å². The molecule has 2 aromatic heterocycles. The Bertz CT molecular complexity index is 1580. The minimum absolute atomic E-state index is 0. The van der Waals surface area contributed by atoms with Crippen molar-refractivity contribution in [1.82, 2.24) is 19.9 Å². The van der Waals surface area contributed by atoms with E-state index in [1.165, 1.54) is 0 Å². The summed E-state index contributed by atoms with van der Waals surface area (Å²) in [5.41, 5.74) is 21.6. The molecule has 3 aromatic rings. The molecule has 0 saturated heterocycles. The molecule has 44 heavy (non-hydrogen) atoms. The third-order valence-corrected chi connectivity index (χ3v) is 6.73. The first-order valence-corrected chi connectivity index (χ1v) is 13.9. The Hall–Kier alpha value is -3.75. The van der Waals surface area contributed by atoms with Gasteiger partial charge in [-0.05, 0) is 45.5 Å². The van der Waals surface area contributed by atoms with Crippen LogP contribution in [0.15, 0.2) is 73.1 Å². The van der Waals surface area contributed by atoms with Crippen molar-refractivity contribution in [3.05, 3.63) is 84.5 Å². The first-order chi connectivity index (χ1) is 20.3. The molecule has 2 amide bonds. The van der Waals surface area contributed by atoms with Gasteiger partial charge in [-0.2, -0.15) is 17.2 Å². The van der Waals surface area contributed by atoms with Crippen molar-refractivity contribution in [1.29, 1.82) is 0 Å². The Labute approximate surface area is 280 Å². The van der Waals surface area contributed by atoms with Crippen LogP contribution in [0.4, 0.5) is 9.59 Å². The first-order valence-electron chi connectivity index (χ1n) is 11.9. The molecule has 0 saturated carbocycles. The number of carbonyl (C=O) groups excluding carboxylic acids is 4. The maximum atomic E-state index is 10.6. The number of hydrogen-bond donors (Lipinski definition) is 2. The van der Waals surface area contributed by atoms with Crippen molar-refractivity contribution < 1.29 is 65.8 Å². The van der Waals surface area contributed by atoms with Crippen LogP contribution in [0.3, 0.4) is 0 Å². The van der Waals surface area contributed by atoms with Gasteiger partial charge in [0.1, 0.15) is 0 Å². The first kappa shape index (κ1) is 38.3. The summed E-state index contributed by atoms with van der Waals surface area (Å²) in [5, 5.41) is 0. The van der Waals surface area contributed by atoms with E-state index < -0.39 is 12.2 Å². The van der Waals surface area contributed by atoms with Crippen molar-refractivity contribution >= 4 is 52.5 Å². The van der Waals surface area contributed by atoms with Crippen LogP contribution >= 0.6 is 17.2 Å². The summed E-state index contributed by atoms with van der Waals surface area (Å²) in [6.07, 6.45) is 1.49. The zero-order valence-electron chi connectivity index (χ0n) is 23.2. The molecule has 2 aliphatic carbocycles. The number of benzene rings is 1. The van der Waals surface area contributed by atoms with E-state index in [9.17, 15) is 19.2 Å². The van der Waals surface area contributed by atoms with Gasteiger partial charge in [-0.15, -0.1) is 0 Å². The van der Waals surface area contributed by atoms with E-state index in [0.717, 1.165) is 59.0 Å². The fourth-order valence-corrected chi connectivity index (χ4v) is 4.44. The Balaban J connectivity index is 0.000000705. The maximum Gasteiger partial charge on any atom is 2.00 e. The third-order valence-electron chi connectivity index (χ3n) is 5.54. The fourth-order valence-electron chi connectivity index (χ4n) is 3.59. The molecule has 4 N–H and O–H groups in total. The molecule has 2 heterocycles. The largest absolute Gasteiger partial charge is 2.00 e. The number of aromatic amines is 2. The van der Waals surface area contributed by atoms with Gasteiger partial charge < -0.3 is 40.5 Å². The summed E-state index contributed by atoms with van der Waals surface area (Å²) in [5.74, 6) is 0. The van der Waals surface area contributed by atoms with Crippen LogP contribution in [0.25, 0.3) is 56.2 Å². The number of H-pyrrole nitrogens is 2. The summed E-state index contributed by atoms with van der Waals surface area (Å²) >= 11 is 0. The van der Waals surface area contributed by atoms with Gasteiger partial charge in [-0.3, -0.25) is 9.59 Å². The van der Waals surface area contributed by atoms with E-state index in [1.807, 2.05) is 36.3 Å². The molecule has 5 rings (SSSR count). The van der Waals surface area contributed by atoms with E-state index in [2.05, 4.69) is 65.8 Å². The molecule has 222 valence electrons. The molecule has 2 atom stereocenters. The monoisotopic (exact) mass is 704 g/mol. The summed E-state index contributed by atoms with van der Waals surface area (Å²) in [6, 6.07) is 24.6. The topological polar surface area (TPSA) is 192 Å². The van der Waals surface area contributed by atoms with Crippen molar-refractivity contribution in [3.63, 3.8) is 0 Å². The number of hydrogen-bond acceptors (Lipinski definition) is 8. The van der Waals surface area contributed by atoms with Gasteiger partial charge in [0.15, 0.2) is 0 Å². The molecule has 16 heteroatoms. The Kier molecular flexibility index (Phi) is 17.0. The molecule has 0 spiro atoms. The average molecular weight is 704 g/mol. The zero-order chi connectivity index (χ0) is 30.5. The number of amides is 2. The number of imidazole rings is 2. The number of ether oxygens (including phenoxy) is 2. The molecular weight excluding hydrogens is 680 g/mol. The predicted octanol–water partition coefficient (Wildman–Crippen LogP) is 5.59. The van der Waals surface area contributed by atoms with Crippen LogP contribution in [0.1, 0.15) is 0 Å². The van der Waals surface area contributed by atoms with Gasteiger partial charge in [0.25, 0.3) is 0 Å². The van der Waals surface area contributed by atoms with Crippen LogP contribution < -0.4 is 11.1 Å². The number of nitrogens with zero attached hydrogens (tertiary/aromatic N) is 2. The molecule has 0 aliphatic heterocycles. The van der Waals surface area contributed by atoms with E-state index >= 15 is 0 Å². The fraction of sp³-hybridized carbons (Fsp3) is 0.0714. The van der Waals surface area contributed by atoms with E-state index in [0.29, 0.717) is 11.1 Å². The smallest absolute Gasteiger partial charge is 0.632 e. The SMILES string of the molecule is COC([NH-])=O.COC([NH-])=O.O=[C-]Pc1ncc(-c2ccc(-c3cc4ccc(-c5cnc(P[C-]=O)[nH]5)ccc-4c3)cc2)[nH]1.[V+2].[V+2]. The van der Waals surface area contributed by atoms with Gasteiger partial charge in [0.05, 0.1) is 49.1 Å². The Morgan fingerprint density at radius 1 is 0.636 bits per heavy atom. The third kappa shape index (κ3) is 11.4. The summed E-state index contributed by atoms with van der Waals surface area (Å²) in [6.45, 7) is 0.